The molecule has 0 unspecified atom stereocenters. The number of aliphatic hydroxyl groups is 1. The molecule has 4 nitrogen and oxygen atoms in total. The van der Waals surface area contributed by atoms with Crippen molar-refractivity contribution in [1.29, 1.82) is 0 Å². The van der Waals surface area contributed by atoms with E-state index in [9.17, 15) is 5.11 Å². The van der Waals surface area contributed by atoms with Crippen LogP contribution in [-0.4, -0.2) is 29.8 Å². The number of hydrogen-bond donors (Lipinski definition) is 2. The maximum atomic E-state index is 9.59. The third-order valence-corrected chi connectivity index (χ3v) is 1.10. The minimum Gasteiger partial charge on any atom is -0.342 e. The zero-order valence-electron chi connectivity index (χ0n) is 8.70. The first-order valence-electron chi connectivity index (χ1n) is 4.17. The molecule has 5 heteroatoms. The Kier molecular flexibility index (Phi) is 8.53. The van der Waals surface area contributed by atoms with Crippen molar-refractivity contribution >= 4 is 0 Å². The molecule has 0 atom stereocenters. The van der Waals surface area contributed by atoms with Gasteiger partial charge < -0.3 is 20.3 Å². The molecule has 0 bridgehead atoms. The van der Waals surface area contributed by atoms with E-state index in [-0.39, 0.29) is 40.5 Å². The van der Waals surface area contributed by atoms with E-state index < -0.39 is 5.97 Å². The molecule has 0 aliphatic heterocycles. The van der Waals surface area contributed by atoms with Crippen LogP contribution >= 0.6 is 0 Å². The fraction of sp³-hybridized carbons (Fsp3) is 1.00. The molecule has 0 aromatic rings. The van der Waals surface area contributed by atoms with E-state index in [2.05, 4.69) is 0 Å². The summed E-state index contributed by atoms with van der Waals surface area (Å²) in [4.78, 5) is 0. The zero-order chi connectivity index (χ0) is 9.78. The van der Waals surface area contributed by atoms with Gasteiger partial charge in [0.2, 0.25) is 0 Å². The Morgan fingerprint density at radius 3 is 1.62 bits per heavy atom. The standard InChI is InChI=1S/C8H19NO3.Ti/c1-6(2)11-8(10,5-9)12-7(3)4;/h6-7,10H,5,9H2,1-4H3;. The maximum absolute atomic E-state index is 9.59. The van der Waals surface area contributed by atoms with Gasteiger partial charge in [-0.3, -0.25) is 0 Å². The molecule has 13 heavy (non-hydrogen) atoms. The average molecular weight is 225 g/mol. The van der Waals surface area contributed by atoms with Gasteiger partial charge in [0.15, 0.2) is 0 Å². The molecule has 0 rings (SSSR count). The first-order valence-corrected chi connectivity index (χ1v) is 4.17. The predicted molar refractivity (Wildman–Crippen MR) is 46.4 cm³/mol. The van der Waals surface area contributed by atoms with Gasteiger partial charge in [0.05, 0.1) is 18.8 Å². The Bertz CT molecular complexity index is 121. The summed E-state index contributed by atoms with van der Waals surface area (Å²) in [5.74, 6) is -1.64. The molecule has 0 aliphatic rings. The van der Waals surface area contributed by atoms with Gasteiger partial charge in [0.25, 0.3) is 5.97 Å². The molecule has 0 aliphatic carbocycles. The SMILES string of the molecule is CC(C)OC(O)(CN)OC(C)C.[Ti]. The van der Waals surface area contributed by atoms with Crippen LogP contribution in [-0.2, 0) is 31.2 Å². The summed E-state index contributed by atoms with van der Waals surface area (Å²) in [5.41, 5.74) is 5.30. The summed E-state index contributed by atoms with van der Waals surface area (Å²) in [7, 11) is 0. The minimum absolute atomic E-state index is 0. The van der Waals surface area contributed by atoms with Crippen LogP contribution in [0.15, 0.2) is 0 Å². The van der Waals surface area contributed by atoms with Gasteiger partial charge in [0.1, 0.15) is 0 Å². The summed E-state index contributed by atoms with van der Waals surface area (Å²) in [6.45, 7) is 7.17. The largest absolute Gasteiger partial charge is 0.342 e. The molecule has 0 radical (unpaired) electrons. The third kappa shape index (κ3) is 7.61. The smallest absolute Gasteiger partial charge is 0.293 e. The average Bonchev–Trinajstić information content (AvgIpc) is 1.83. The van der Waals surface area contributed by atoms with Crippen molar-refractivity contribution in [2.24, 2.45) is 5.73 Å². The van der Waals surface area contributed by atoms with E-state index in [1.807, 2.05) is 27.7 Å². The zero-order valence-corrected chi connectivity index (χ0v) is 10.3. The second-order valence-corrected chi connectivity index (χ2v) is 3.25. The molecule has 0 spiro atoms. The summed E-state index contributed by atoms with van der Waals surface area (Å²) in [6.07, 6.45) is -0.227. The topological polar surface area (TPSA) is 64.7 Å². The first kappa shape index (κ1) is 16.0. The summed E-state index contributed by atoms with van der Waals surface area (Å²) in [5, 5.41) is 9.59. The fourth-order valence-corrected chi connectivity index (χ4v) is 0.861. The second-order valence-electron chi connectivity index (χ2n) is 3.25. The van der Waals surface area contributed by atoms with Crippen LogP contribution in [0.2, 0.25) is 0 Å². The predicted octanol–water partition coefficient (Wildman–Crippen LogP) is 0.439. The van der Waals surface area contributed by atoms with Crippen molar-refractivity contribution in [3.05, 3.63) is 0 Å². The van der Waals surface area contributed by atoms with E-state index in [1.165, 1.54) is 0 Å². The molecule has 0 heterocycles. The number of rotatable bonds is 5. The molecule has 78 valence electrons. The van der Waals surface area contributed by atoms with E-state index >= 15 is 0 Å². The Morgan fingerprint density at radius 2 is 1.46 bits per heavy atom. The summed E-state index contributed by atoms with van der Waals surface area (Å²) >= 11 is 0. The van der Waals surface area contributed by atoms with E-state index in [1.54, 1.807) is 0 Å². The molecular formula is C8H19NO3Ti. The van der Waals surface area contributed by atoms with Crippen LogP contribution < -0.4 is 5.73 Å². The van der Waals surface area contributed by atoms with Gasteiger partial charge in [-0.05, 0) is 27.7 Å². The second kappa shape index (κ2) is 6.93. The van der Waals surface area contributed by atoms with Gasteiger partial charge in [-0.25, -0.2) is 0 Å². The Morgan fingerprint density at radius 1 is 1.15 bits per heavy atom. The number of nitrogens with two attached hydrogens (primary N) is 1. The Hall–Kier alpha value is 0.554. The van der Waals surface area contributed by atoms with Crippen molar-refractivity contribution in [2.75, 3.05) is 6.54 Å². The van der Waals surface area contributed by atoms with Crippen LogP contribution in [0.5, 0.6) is 0 Å². The van der Waals surface area contributed by atoms with Crippen LogP contribution in [0, 0.1) is 0 Å². The summed E-state index contributed by atoms with van der Waals surface area (Å²) in [6, 6.07) is 0. The van der Waals surface area contributed by atoms with Gasteiger partial charge >= 0.3 is 0 Å². The number of hydrogen-bond acceptors (Lipinski definition) is 4. The van der Waals surface area contributed by atoms with Crippen molar-refractivity contribution < 1.29 is 36.3 Å². The normalized spacial score (nSPS) is 12.0. The third-order valence-electron chi connectivity index (χ3n) is 1.10. The molecule has 0 saturated heterocycles. The van der Waals surface area contributed by atoms with Gasteiger partial charge in [-0.2, -0.15) is 0 Å². The number of ether oxygens (including phenoxy) is 2. The van der Waals surface area contributed by atoms with Crippen molar-refractivity contribution in [2.45, 2.75) is 45.9 Å². The van der Waals surface area contributed by atoms with Crippen molar-refractivity contribution in [3.63, 3.8) is 0 Å². The van der Waals surface area contributed by atoms with Crippen LogP contribution in [0.1, 0.15) is 27.7 Å². The molecule has 3 N–H and O–H groups in total. The molecule has 0 amide bonds. The fourth-order valence-electron chi connectivity index (χ4n) is 0.861. The van der Waals surface area contributed by atoms with Gasteiger partial charge in [-0.1, -0.05) is 0 Å². The molecule has 0 saturated carbocycles. The molecule has 0 fully saturated rings. The van der Waals surface area contributed by atoms with E-state index in [4.69, 9.17) is 15.2 Å². The minimum atomic E-state index is -1.64. The van der Waals surface area contributed by atoms with Gasteiger partial charge in [-0.15, -0.1) is 0 Å². The Labute approximate surface area is 94.7 Å². The van der Waals surface area contributed by atoms with E-state index in [0.717, 1.165) is 0 Å². The van der Waals surface area contributed by atoms with Crippen molar-refractivity contribution in [3.8, 4) is 0 Å². The molecule has 0 aromatic carbocycles. The van der Waals surface area contributed by atoms with Crippen molar-refractivity contribution in [1.82, 2.24) is 0 Å². The maximum Gasteiger partial charge on any atom is 0.293 e. The quantitative estimate of drug-likeness (QED) is 0.526. The first-order chi connectivity index (χ1) is 5.39. The Balaban J connectivity index is 0. The van der Waals surface area contributed by atoms with E-state index in [0.29, 0.717) is 0 Å². The van der Waals surface area contributed by atoms with Gasteiger partial charge in [0, 0.05) is 21.7 Å². The van der Waals surface area contributed by atoms with Crippen LogP contribution in [0.25, 0.3) is 0 Å². The molecular weight excluding hydrogens is 206 g/mol. The van der Waals surface area contributed by atoms with Crippen LogP contribution in [0.4, 0.5) is 0 Å². The summed E-state index contributed by atoms with van der Waals surface area (Å²) < 4.78 is 10.2. The monoisotopic (exact) mass is 225 g/mol. The molecule has 0 aromatic heterocycles. The van der Waals surface area contributed by atoms with Crippen LogP contribution in [0.3, 0.4) is 0 Å².